The molecule has 1 rings (SSSR count). The topological polar surface area (TPSA) is 75.6 Å². The molecule has 110 valence electrons. The summed E-state index contributed by atoms with van der Waals surface area (Å²) >= 11 is 0. The Morgan fingerprint density at radius 3 is 2.50 bits per heavy atom. The van der Waals surface area contributed by atoms with Gasteiger partial charge in [-0.15, -0.1) is 0 Å². The van der Waals surface area contributed by atoms with E-state index in [-0.39, 0.29) is 0 Å². The highest BCUT2D eigenvalue weighted by Crippen LogP contribution is 2.22. The van der Waals surface area contributed by atoms with Crippen LogP contribution in [0.5, 0.6) is 5.75 Å². The fourth-order valence-electron chi connectivity index (χ4n) is 1.28. The molecule has 0 spiro atoms. The van der Waals surface area contributed by atoms with Crippen LogP contribution < -0.4 is 10.1 Å². The SMILES string of the molecule is O=C(NC(CF)C(=O)O)c1ccc(F)cc1OC(F)F. The zero-order valence-electron chi connectivity index (χ0n) is 9.78. The molecular weight excluding hydrogens is 286 g/mol. The van der Waals surface area contributed by atoms with E-state index in [4.69, 9.17) is 5.11 Å². The molecule has 0 fully saturated rings. The molecule has 0 saturated heterocycles. The number of carboxylic acid groups (broad SMARTS) is 1. The van der Waals surface area contributed by atoms with Gasteiger partial charge in [0.2, 0.25) is 0 Å². The number of hydrogen-bond acceptors (Lipinski definition) is 3. The lowest BCUT2D eigenvalue weighted by Crippen LogP contribution is -2.42. The number of hydrogen-bond donors (Lipinski definition) is 2. The van der Waals surface area contributed by atoms with Crippen molar-refractivity contribution in [2.24, 2.45) is 0 Å². The highest BCUT2D eigenvalue weighted by molar-refractivity contribution is 5.98. The molecule has 0 radical (unpaired) electrons. The van der Waals surface area contributed by atoms with Crippen LogP contribution in [0.25, 0.3) is 0 Å². The summed E-state index contributed by atoms with van der Waals surface area (Å²) in [4.78, 5) is 22.2. The number of carbonyl (C=O) groups excluding carboxylic acids is 1. The van der Waals surface area contributed by atoms with Gasteiger partial charge in [-0.3, -0.25) is 4.79 Å². The average Bonchev–Trinajstić information content (AvgIpc) is 2.34. The third kappa shape index (κ3) is 4.11. The van der Waals surface area contributed by atoms with Gasteiger partial charge in [-0.05, 0) is 12.1 Å². The van der Waals surface area contributed by atoms with E-state index in [0.29, 0.717) is 6.07 Å². The van der Waals surface area contributed by atoms with Crippen molar-refractivity contribution in [3.05, 3.63) is 29.6 Å². The van der Waals surface area contributed by atoms with E-state index in [1.165, 1.54) is 0 Å². The van der Waals surface area contributed by atoms with Crippen LogP contribution >= 0.6 is 0 Å². The van der Waals surface area contributed by atoms with Gasteiger partial charge in [0.05, 0.1) is 5.56 Å². The zero-order valence-corrected chi connectivity index (χ0v) is 9.78. The highest BCUT2D eigenvalue weighted by Gasteiger charge is 2.23. The summed E-state index contributed by atoms with van der Waals surface area (Å²) in [5.41, 5.74) is -0.536. The third-order valence-corrected chi connectivity index (χ3v) is 2.16. The monoisotopic (exact) mass is 295 g/mol. The van der Waals surface area contributed by atoms with Crippen LogP contribution in [0.2, 0.25) is 0 Å². The summed E-state index contributed by atoms with van der Waals surface area (Å²) in [6, 6.07) is 0.302. The lowest BCUT2D eigenvalue weighted by molar-refractivity contribution is -0.139. The fraction of sp³-hybridized carbons (Fsp3) is 0.273. The van der Waals surface area contributed by atoms with E-state index >= 15 is 0 Å². The molecule has 1 unspecified atom stereocenters. The number of benzene rings is 1. The first-order valence-electron chi connectivity index (χ1n) is 5.19. The van der Waals surface area contributed by atoms with Crippen molar-refractivity contribution in [1.82, 2.24) is 5.32 Å². The van der Waals surface area contributed by atoms with Crippen molar-refractivity contribution in [1.29, 1.82) is 0 Å². The first kappa shape index (κ1) is 15.7. The molecule has 1 aromatic carbocycles. The summed E-state index contributed by atoms with van der Waals surface area (Å²) in [5, 5.41) is 10.3. The molecule has 0 aliphatic rings. The number of aliphatic carboxylic acids is 1. The summed E-state index contributed by atoms with van der Waals surface area (Å²) < 4.78 is 53.5. The van der Waals surface area contributed by atoms with E-state index in [1.807, 2.05) is 0 Å². The first-order valence-corrected chi connectivity index (χ1v) is 5.19. The second kappa shape index (κ2) is 6.73. The minimum absolute atomic E-state index is 0.534. The maximum atomic E-state index is 12.9. The standard InChI is InChI=1S/C11H9F4NO4/c12-4-7(10(18)19)16-9(17)6-2-1-5(13)3-8(6)20-11(14)15/h1-3,7,11H,4H2,(H,16,17)(H,18,19). The molecule has 0 bridgehead atoms. The van der Waals surface area contributed by atoms with E-state index in [2.05, 4.69) is 4.74 Å². The first-order chi connectivity index (χ1) is 9.35. The van der Waals surface area contributed by atoms with E-state index < -0.39 is 48.3 Å². The van der Waals surface area contributed by atoms with Crippen LogP contribution in [0.3, 0.4) is 0 Å². The molecule has 0 aliphatic carbocycles. The molecule has 2 N–H and O–H groups in total. The number of halogens is 4. The molecule has 20 heavy (non-hydrogen) atoms. The van der Waals surface area contributed by atoms with E-state index in [1.54, 1.807) is 5.32 Å². The summed E-state index contributed by atoms with van der Waals surface area (Å²) in [6.45, 7) is -4.70. The molecule has 9 heteroatoms. The van der Waals surface area contributed by atoms with Crippen molar-refractivity contribution in [2.45, 2.75) is 12.7 Å². The van der Waals surface area contributed by atoms with Gasteiger partial charge in [0, 0.05) is 6.07 Å². The van der Waals surface area contributed by atoms with Crippen molar-refractivity contribution < 1.29 is 37.0 Å². The van der Waals surface area contributed by atoms with Crippen molar-refractivity contribution >= 4 is 11.9 Å². The largest absolute Gasteiger partial charge is 0.480 e. The van der Waals surface area contributed by atoms with Crippen molar-refractivity contribution in [2.75, 3.05) is 6.67 Å². The average molecular weight is 295 g/mol. The smallest absolute Gasteiger partial charge is 0.387 e. The molecule has 0 aromatic heterocycles. The van der Waals surface area contributed by atoms with Crippen LogP contribution in [-0.4, -0.2) is 36.3 Å². The predicted octanol–water partition coefficient (Wildman–Crippen LogP) is 1.58. The maximum Gasteiger partial charge on any atom is 0.387 e. The normalized spacial score (nSPS) is 12.1. The van der Waals surface area contributed by atoms with Gasteiger partial charge >= 0.3 is 12.6 Å². The Morgan fingerprint density at radius 1 is 1.35 bits per heavy atom. The van der Waals surface area contributed by atoms with E-state index in [9.17, 15) is 27.2 Å². The fourth-order valence-corrected chi connectivity index (χ4v) is 1.28. The lowest BCUT2D eigenvalue weighted by Gasteiger charge is -2.13. The lowest BCUT2D eigenvalue weighted by atomic mass is 10.1. The van der Waals surface area contributed by atoms with Crippen LogP contribution in [0.4, 0.5) is 17.6 Å². The Morgan fingerprint density at radius 2 is 2.00 bits per heavy atom. The van der Waals surface area contributed by atoms with Crippen molar-refractivity contribution in [3.63, 3.8) is 0 Å². The minimum Gasteiger partial charge on any atom is -0.480 e. The Bertz CT molecular complexity index is 509. The summed E-state index contributed by atoms with van der Waals surface area (Å²) in [5.74, 6) is -4.53. The molecule has 5 nitrogen and oxygen atoms in total. The second-order valence-corrected chi connectivity index (χ2v) is 3.54. The van der Waals surface area contributed by atoms with Crippen LogP contribution in [0.1, 0.15) is 10.4 Å². The number of rotatable bonds is 6. The minimum atomic E-state index is -3.31. The van der Waals surface area contributed by atoms with Gasteiger partial charge in [0.15, 0.2) is 6.04 Å². The number of carboxylic acids is 1. The molecule has 1 amide bonds. The molecule has 1 atom stereocenters. The Balaban J connectivity index is 2.99. The number of carbonyl (C=O) groups is 2. The van der Waals surface area contributed by atoms with Gasteiger partial charge in [0.25, 0.3) is 5.91 Å². The number of alkyl halides is 3. The van der Waals surface area contributed by atoms with Crippen LogP contribution in [-0.2, 0) is 4.79 Å². The Kier molecular flexibility index (Phi) is 5.30. The molecule has 0 heterocycles. The predicted molar refractivity (Wildman–Crippen MR) is 57.9 cm³/mol. The maximum absolute atomic E-state index is 12.9. The van der Waals surface area contributed by atoms with Gasteiger partial charge in [-0.2, -0.15) is 8.78 Å². The quantitative estimate of drug-likeness (QED) is 0.781. The third-order valence-electron chi connectivity index (χ3n) is 2.16. The molecule has 0 saturated carbocycles. The molecular formula is C11H9F4NO4. The van der Waals surface area contributed by atoms with Gasteiger partial charge in [-0.25, -0.2) is 13.6 Å². The van der Waals surface area contributed by atoms with Crippen LogP contribution in [0.15, 0.2) is 18.2 Å². The zero-order chi connectivity index (χ0) is 15.3. The Hall–Kier alpha value is -2.32. The molecule has 1 aromatic rings. The van der Waals surface area contributed by atoms with Crippen LogP contribution in [0, 0.1) is 5.82 Å². The van der Waals surface area contributed by atoms with Gasteiger partial charge in [-0.1, -0.05) is 0 Å². The van der Waals surface area contributed by atoms with Gasteiger partial charge < -0.3 is 15.2 Å². The van der Waals surface area contributed by atoms with Gasteiger partial charge in [0.1, 0.15) is 18.2 Å². The highest BCUT2D eigenvalue weighted by atomic mass is 19.3. The Labute approximate surface area is 110 Å². The number of nitrogens with one attached hydrogen (secondary N) is 1. The number of amides is 1. The van der Waals surface area contributed by atoms with E-state index in [0.717, 1.165) is 12.1 Å². The molecule has 0 aliphatic heterocycles. The summed E-state index contributed by atoms with van der Waals surface area (Å²) in [7, 11) is 0. The summed E-state index contributed by atoms with van der Waals surface area (Å²) in [6.07, 6.45) is 0. The second-order valence-electron chi connectivity index (χ2n) is 3.54. The number of ether oxygens (including phenoxy) is 1. The van der Waals surface area contributed by atoms with Crippen molar-refractivity contribution in [3.8, 4) is 5.75 Å².